The standard InChI is InChI=1S/C20H27N5O2/c1-4-24(5-2)19(27)16-7-6-12-25(14-16)20-22-17(13-18(26)23(20)3)15-8-10-21-11-9-15/h8-11,13,16H,4-7,12,14H2,1-3H3. The smallest absolute Gasteiger partial charge is 0.255 e. The molecule has 1 aliphatic heterocycles. The number of carbonyl (C=O) groups excluding carboxylic acids is 1. The molecule has 1 aliphatic rings. The van der Waals surface area contributed by atoms with E-state index < -0.39 is 0 Å². The van der Waals surface area contributed by atoms with Gasteiger partial charge in [-0.15, -0.1) is 0 Å². The molecule has 0 N–H and O–H groups in total. The van der Waals surface area contributed by atoms with Crippen LogP contribution in [0.5, 0.6) is 0 Å². The molecule has 1 fully saturated rings. The van der Waals surface area contributed by atoms with E-state index in [1.54, 1.807) is 30.1 Å². The Hall–Kier alpha value is -2.70. The van der Waals surface area contributed by atoms with Crippen molar-refractivity contribution in [1.82, 2.24) is 19.4 Å². The molecule has 144 valence electrons. The first-order chi connectivity index (χ1) is 13.0. The van der Waals surface area contributed by atoms with Gasteiger partial charge < -0.3 is 9.80 Å². The van der Waals surface area contributed by atoms with Crippen LogP contribution in [-0.4, -0.2) is 51.5 Å². The van der Waals surface area contributed by atoms with Gasteiger partial charge in [0.15, 0.2) is 0 Å². The number of hydrogen-bond acceptors (Lipinski definition) is 5. The van der Waals surface area contributed by atoms with Crippen LogP contribution in [0.2, 0.25) is 0 Å². The SMILES string of the molecule is CCN(CC)C(=O)C1CCCN(c2nc(-c3ccncc3)cc(=O)n2C)C1. The van der Waals surface area contributed by atoms with Crippen molar-refractivity contribution in [3.8, 4) is 11.3 Å². The summed E-state index contributed by atoms with van der Waals surface area (Å²) in [4.78, 5) is 38.0. The van der Waals surface area contributed by atoms with Crippen LogP contribution in [0.3, 0.4) is 0 Å². The molecule has 1 amide bonds. The lowest BCUT2D eigenvalue weighted by Gasteiger charge is -2.35. The molecule has 0 radical (unpaired) electrons. The summed E-state index contributed by atoms with van der Waals surface area (Å²) >= 11 is 0. The molecule has 3 heterocycles. The fourth-order valence-electron chi connectivity index (χ4n) is 3.63. The van der Waals surface area contributed by atoms with E-state index in [2.05, 4.69) is 9.88 Å². The molecule has 7 heteroatoms. The Morgan fingerprint density at radius 2 is 1.96 bits per heavy atom. The number of aromatic nitrogens is 3. The Morgan fingerprint density at radius 1 is 1.26 bits per heavy atom. The highest BCUT2D eigenvalue weighted by Gasteiger charge is 2.30. The molecular formula is C20H27N5O2. The Bertz CT molecular complexity index is 845. The van der Waals surface area contributed by atoms with Crippen molar-refractivity contribution < 1.29 is 4.79 Å². The fraction of sp³-hybridized carbons (Fsp3) is 0.500. The molecular weight excluding hydrogens is 342 g/mol. The van der Waals surface area contributed by atoms with E-state index in [-0.39, 0.29) is 17.4 Å². The maximum atomic E-state index is 12.8. The number of anilines is 1. The summed E-state index contributed by atoms with van der Waals surface area (Å²) in [5, 5.41) is 0. The third-order valence-corrected chi connectivity index (χ3v) is 5.22. The molecule has 27 heavy (non-hydrogen) atoms. The van der Waals surface area contributed by atoms with Gasteiger partial charge in [0.2, 0.25) is 11.9 Å². The Morgan fingerprint density at radius 3 is 2.63 bits per heavy atom. The second kappa shape index (κ2) is 8.33. The Balaban J connectivity index is 1.90. The molecule has 1 unspecified atom stereocenters. The second-order valence-corrected chi connectivity index (χ2v) is 6.87. The molecule has 2 aromatic rings. The Kier molecular flexibility index (Phi) is 5.88. The number of amides is 1. The largest absolute Gasteiger partial charge is 0.343 e. The fourth-order valence-corrected chi connectivity index (χ4v) is 3.63. The van der Waals surface area contributed by atoms with Crippen LogP contribution < -0.4 is 10.5 Å². The van der Waals surface area contributed by atoms with Crippen LogP contribution in [0.25, 0.3) is 11.3 Å². The number of piperidine rings is 1. The lowest BCUT2D eigenvalue weighted by atomic mass is 9.96. The highest BCUT2D eigenvalue weighted by molar-refractivity contribution is 5.79. The van der Waals surface area contributed by atoms with E-state index in [1.165, 1.54) is 0 Å². The van der Waals surface area contributed by atoms with Crippen molar-refractivity contribution in [3.05, 3.63) is 40.9 Å². The van der Waals surface area contributed by atoms with Crippen molar-refractivity contribution >= 4 is 11.9 Å². The van der Waals surface area contributed by atoms with Gasteiger partial charge in [-0.25, -0.2) is 4.98 Å². The summed E-state index contributed by atoms with van der Waals surface area (Å²) in [5.74, 6) is 0.756. The van der Waals surface area contributed by atoms with E-state index in [4.69, 9.17) is 4.98 Å². The molecule has 0 bridgehead atoms. The summed E-state index contributed by atoms with van der Waals surface area (Å²) in [6.45, 7) is 6.84. The molecule has 0 saturated carbocycles. The molecule has 1 atom stereocenters. The first kappa shape index (κ1) is 19.1. The molecule has 0 aromatic carbocycles. The van der Waals surface area contributed by atoms with Crippen molar-refractivity contribution in [2.75, 3.05) is 31.1 Å². The van der Waals surface area contributed by atoms with E-state index in [0.29, 0.717) is 18.2 Å². The van der Waals surface area contributed by atoms with Gasteiger partial charge in [-0.2, -0.15) is 0 Å². The molecule has 0 spiro atoms. The molecule has 7 nitrogen and oxygen atoms in total. The summed E-state index contributed by atoms with van der Waals surface area (Å²) in [6, 6.07) is 5.23. The van der Waals surface area contributed by atoms with Gasteiger partial charge in [0.25, 0.3) is 5.56 Å². The Labute approximate surface area is 159 Å². The third kappa shape index (κ3) is 4.02. The van der Waals surface area contributed by atoms with Crippen LogP contribution in [-0.2, 0) is 11.8 Å². The average Bonchev–Trinajstić information content (AvgIpc) is 2.71. The highest BCUT2D eigenvalue weighted by Crippen LogP contribution is 2.24. The summed E-state index contributed by atoms with van der Waals surface area (Å²) in [5.41, 5.74) is 1.38. The highest BCUT2D eigenvalue weighted by atomic mass is 16.2. The van der Waals surface area contributed by atoms with Crippen molar-refractivity contribution in [3.63, 3.8) is 0 Å². The van der Waals surface area contributed by atoms with Crippen LogP contribution >= 0.6 is 0 Å². The lowest BCUT2D eigenvalue weighted by Crippen LogP contribution is -2.46. The summed E-state index contributed by atoms with van der Waals surface area (Å²) < 4.78 is 1.56. The zero-order valence-corrected chi connectivity index (χ0v) is 16.3. The van der Waals surface area contributed by atoms with E-state index in [9.17, 15) is 9.59 Å². The first-order valence-corrected chi connectivity index (χ1v) is 9.57. The van der Waals surface area contributed by atoms with E-state index in [1.807, 2.05) is 30.9 Å². The molecule has 3 rings (SSSR count). The van der Waals surface area contributed by atoms with Gasteiger partial charge in [-0.3, -0.25) is 19.1 Å². The van der Waals surface area contributed by atoms with Gasteiger partial charge in [0.05, 0.1) is 11.6 Å². The maximum absolute atomic E-state index is 12.8. The topological polar surface area (TPSA) is 71.3 Å². The predicted octanol–water partition coefficient (Wildman–Crippen LogP) is 1.93. The van der Waals surface area contributed by atoms with E-state index in [0.717, 1.165) is 38.0 Å². The minimum Gasteiger partial charge on any atom is -0.343 e. The van der Waals surface area contributed by atoms with Crippen molar-refractivity contribution in [2.45, 2.75) is 26.7 Å². The first-order valence-electron chi connectivity index (χ1n) is 9.57. The van der Waals surface area contributed by atoms with Crippen LogP contribution in [0, 0.1) is 5.92 Å². The van der Waals surface area contributed by atoms with Gasteiger partial charge >= 0.3 is 0 Å². The number of carbonyl (C=O) groups is 1. The number of nitrogens with zero attached hydrogens (tertiary/aromatic N) is 5. The van der Waals surface area contributed by atoms with Crippen LogP contribution in [0.1, 0.15) is 26.7 Å². The summed E-state index contributed by atoms with van der Waals surface area (Å²) in [7, 11) is 1.73. The van der Waals surface area contributed by atoms with Crippen molar-refractivity contribution in [2.24, 2.45) is 13.0 Å². The zero-order valence-electron chi connectivity index (χ0n) is 16.3. The van der Waals surface area contributed by atoms with Crippen LogP contribution in [0.15, 0.2) is 35.4 Å². The van der Waals surface area contributed by atoms with Gasteiger partial charge in [0.1, 0.15) is 0 Å². The van der Waals surface area contributed by atoms with Gasteiger partial charge in [0, 0.05) is 57.3 Å². The average molecular weight is 369 g/mol. The quantitative estimate of drug-likeness (QED) is 0.805. The maximum Gasteiger partial charge on any atom is 0.255 e. The lowest BCUT2D eigenvalue weighted by molar-refractivity contribution is -0.135. The van der Waals surface area contributed by atoms with Crippen molar-refractivity contribution in [1.29, 1.82) is 0 Å². The normalized spacial score (nSPS) is 17.0. The van der Waals surface area contributed by atoms with Gasteiger partial charge in [-0.05, 0) is 38.8 Å². The monoisotopic (exact) mass is 369 g/mol. The van der Waals surface area contributed by atoms with Crippen LogP contribution in [0.4, 0.5) is 5.95 Å². The minimum atomic E-state index is -0.107. The third-order valence-electron chi connectivity index (χ3n) is 5.22. The molecule has 2 aromatic heterocycles. The molecule has 0 aliphatic carbocycles. The zero-order chi connectivity index (χ0) is 19.4. The number of rotatable bonds is 5. The number of pyridine rings is 1. The summed E-state index contributed by atoms with van der Waals surface area (Å²) in [6.07, 6.45) is 5.17. The minimum absolute atomic E-state index is 0.0554. The van der Waals surface area contributed by atoms with E-state index >= 15 is 0 Å². The van der Waals surface area contributed by atoms with Gasteiger partial charge in [-0.1, -0.05) is 0 Å². The molecule has 1 saturated heterocycles. The predicted molar refractivity (Wildman–Crippen MR) is 106 cm³/mol. The number of hydrogen-bond donors (Lipinski definition) is 0. The second-order valence-electron chi connectivity index (χ2n) is 6.87.